The van der Waals surface area contributed by atoms with Gasteiger partial charge in [0.15, 0.2) is 0 Å². The van der Waals surface area contributed by atoms with Gasteiger partial charge in [0.1, 0.15) is 10.2 Å². The van der Waals surface area contributed by atoms with E-state index in [2.05, 4.69) is 15.4 Å². The Morgan fingerprint density at radius 2 is 1.93 bits per heavy atom. The molecule has 1 heterocycles. The van der Waals surface area contributed by atoms with E-state index < -0.39 is 0 Å². The third-order valence-corrected chi connectivity index (χ3v) is 5.96. The minimum Gasteiger partial charge on any atom is -0.244 e. The number of hydrogen-bond acceptors (Lipinski definition) is 6. The molecule has 0 radical (unpaired) electrons. The molecule has 9 heteroatoms. The number of aryl methyl sites for hydroxylation is 2. The summed E-state index contributed by atoms with van der Waals surface area (Å²) in [6.07, 6.45) is 1.95. The molecule has 0 amide bonds. The highest BCUT2D eigenvalue weighted by atomic mass is 32.2. The molecule has 0 bridgehead atoms. The molecule has 3 aromatic rings. The first kappa shape index (κ1) is 19.4. The van der Waals surface area contributed by atoms with E-state index in [9.17, 15) is 9.18 Å². The molecule has 0 aliphatic carbocycles. The van der Waals surface area contributed by atoms with Gasteiger partial charge in [0.2, 0.25) is 0 Å². The molecule has 0 fully saturated rings. The van der Waals surface area contributed by atoms with Gasteiger partial charge in [-0.25, -0.2) is 14.2 Å². The van der Waals surface area contributed by atoms with Gasteiger partial charge < -0.3 is 0 Å². The monoisotopic (exact) mass is 403 g/mol. The Morgan fingerprint density at radius 3 is 2.56 bits per heavy atom. The molecule has 0 saturated carbocycles. The molecule has 0 aliphatic rings. The fourth-order valence-corrected chi connectivity index (χ4v) is 4.09. The molecule has 0 N–H and O–H groups in total. The molecular weight excluding hydrogens is 385 g/mol. The number of aromatic nitrogens is 4. The van der Waals surface area contributed by atoms with Crippen LogP contribution < -0.4 is 5.69 Å². The van der Waals surface area contributed by atoms with Crippen LogP contribution in [0.2, 0.25) is 0 Å². The van der Waals surface area contributed by atoms with Gasteiger partial charge in [0, 0.05) is 12.8 Å². The Hall–Kier alpha value is -2.39. The lowest BCUT2D eigenvalue weighted by Gasteiger charge is -2.11. The van der Waals surface area contributed by atoms with Crippen molar-refractivity contribution in [1.82, 2.24) is 19.8 Å². The van der Waals surface area contributed by atoms with Crippen LogP contribution in [-0.2, 0) is 12.8 Å². The van der Waals surface area contributed by atoms with Crippen molar-refractivity contribution in [2.45, 2.75) is 12.7 Å². The van der Waals surface area contributed by atoms with Crippen LogP contribution >= 0.6 is 23.5 Å². The van der Waals surface area contributed by atoms with Gasteiger partial charge in [-0.15, -0.1) is 11.8 Å². The van der Waals surface area contributed by atoms with Crippen molar-refractivity contribution >= 4 is 33.6 Å². The molecule has 27 heavy (non-hydrogen) atoms. The van der Waals surface area contributed by atoms with E-state index in [1.54, 1.807) is 30.9 Å². The van der Waals surface area contributed by atoms with Crippen LogP contribution in [0.15, 0.2) is 52.3 Å². The first-order valence-electron chi connectivity index (χ1n) is 8.08. The summed E-state index contributed by atoms with van der Waals surface area (Å²) in [6, 6.07) is 11.8. The van der Waals surface area contributed by atoms with Gasteiger partial charge in [0.25, 0.3) is 0 Å². The molecule has 2 aromatic carbocycles. The Kier molecular flexibility index (Phi) is 6.12. The molecule has 0 spiro atoms. The van der Waals surface area contributed by atoms with Crippen LogP contribution in [0.1, 0.15) is 11.1 Å². The van der Waals surface area contributed by atoms with Crippen molar-refractivity contribution in [3.8, 4) is 5.69 Å². The second-order valence-electron chi connectivity index (χ2n) is 5.72. The quantitative estimate of drug-likeness (QED) is 0.491. The van der Waals surface area contributed by atoms with Crippen molar-refractivity contribution in [2.24, 2.45) is 12.0 Å². The largest absolute Gasteiger partial charge is 0.368 e. The molecule has 140 valence electrons. The van der Waals surface area contributed by atoms with E-state index in [1.165, 1.54) is 33.3 Å². The van der Waals surface area contributed by atoms with Gasteiger partial charge in [-0.1, -0.05) is 23.9 Å². The Labute approximate surface area is 164 Å². The lowest BCUT2D eigenvalue weighted by molar-refractivity contribution is 0.628. The van der Waals surface area contributed by atoms with E-state index in [1.807, 2.05) is 31.4 Å². The molecule has 3 rings (SSSR count). The highest BCUT2D eigenvalue weighted by molar-refractivity contribution is 8.38. The van der Waals surface area contributed by atoms with Crippen LogP contribution in [0.4, 0.5) is 10.1 Å². The first-order chi connectivity index (χ1) is 13.0. The van der Waals surface area contributed by atoms with Crippen LogP contribution in [-0.4, -0.2) is 30.4 Å². The molecule has 0 saturated heterocycles. The van der Waals surface area contributed by atoms with Crippen molar-refractivity contribution in [3.63, 3.8) is 0 Å². The second-order valence-corrected chi connectivity index (χ2v) is 7.73. The van der Waals surface area contributed by atoms with Crippen molar-refractivity contribution in [2.75, 3.05) is 6.26 Å². The summed E-state index contributed by atoms with van der Waals surface area (Å²) in [5, 5.41) is 7.74. The van der Waals surface area contributed by atoms with Crippen LogP contribution in [0.5, 0.6) is 0 Å². The standard InChI is InChI=1S/C18H18FN5OS2/c1-12-5-4-6-16(24-18(25)23(2)21-22-24)15(12)11-27-17(26-3)20-14-9-7-13(19)8-10-14/h4-10H,11H2,1-3H3. The number of halogens is 1. The SMILES string of the molecule is CSC(=Nc1ccc(F)cc1)SCc1c(C)cccc1-n1nnn(C)c1=O. The summed E-state index contributed by atoms with van der Waals surface area (Å²) in [4.78, 5) is 16.8. The first-order valence-corrected chi connectivity index (χ1v) is 10.3. The number of nitrogens with zero attached hydrogens (tertiary/aromatic N) is 5. The predicted molar refractivity (Wildman–Crippen MR) is 110 cm³/mol. The lowest BCUT2D eigenvalue weighted by Crippen LogP contribution is -2.23. The van der Waals surface area contributed by atoms with Crippen LogP contribution in [0.25, 0.3) is 5.69 Å². The van der Waals surface area contributed by atoms with Gasteiger partial charge >= 0.3 is 5.69 Å². The number of aliphatic imine (C=N–C) groups is 1. The molecule has 6 nitrogen and oxygen atoms in total. The highest BCUT2D eigenvalue weighted by Gasteiger charge is 2.14. The van der Waals surface area contributed by atoms with Crippen LogP contribution in [0, 0.1) is 12.7 Å². The minimum absolute atomic E-state index is 0.286. The average molecular weight is 404 g/mol. The summed E-state index contributed by atoms with van der Waals surface area (Å²) in [5.41, 5.74) is 3.16. The second kappa shape index (κ2) is 8.53. The molecule has 0 aliphatic heterocycles. The number of tetrazole rings is 1. The van der Waals surface area contributed by atoms with E-state index in [0.29, 0.717) is 17.1 Å². The molecule has 0 atom stereocenters. The predicted octanol–water partition coefficient (Wildman–Crippen LogP) is 3.70. The van der Waals surface area contributed by atoms with E-state index in [0.717, 1.165) is 15.5 Å². The van der Waals surface area contributed by atoms with Gasteiger partial charge in [-0.3, -0.25) is 0 Å². The Morgan fingerprint density at radius 1 is 1.19 bits per heavy atom. The zero-order valence-corrected chi connectivity index (χ0v) is 16.7. The summed E-state index contributed by atoms with van der Waals surface area (Å²) in [5.74, 6) is 0.331. The van der Waals surface area contributed by atoms with Crippen molar-refractivity contribution in [1.29, 1.82) is 0 Å². The van der Waals surface area contributed by atoms with E-state index >= 15 is 0 Å². The highest BCUT2D eigenvalue weighted by Crippen LogP contribution is 2.28. The summed E-state index contributed by atoms with van der Waals surface area (Å²) in [7, 11) is 1.57. The maximum atomic E-state index is 13.1. The van der Waals surface area contributed by atoms with E-state index in [4.69, 9.17) is 0 Å². The Balaban J connectivity index is 1.88. The van der Waals surface area contributed by atoms with Crippen molar-refractivity contribution in [3.05, 3.63) is 69.9 Å². The number of thioether (sulfide) groups is 2. The zero-order chi connectivity index (χ0) is 19.4. The molecule has 1 aromatic heterocycles. The average Bonchev–Trinajstić information content (AvgIpc) is 3.00. The summed E-state index contributed by atoms with van der Waals surface area (Å²) < 4.78 is 16.4. The number of hydrogen-bond donors (Lipinski definition) is 0. The maximum absolute atomic E-state index is 13.1. The maximum Gasteiger partial charge on any atom is 0.368 e. The summed E-state index contributed by atoms with van der Waals surface area (Å²) >= 11 is 3.08. The third-order valence-electron chi connectivity index (χ3n) is 3.90. The van der Waals surface area contributed by atoms with Crippen molar-refractivity contribution < 1.29 is 4.39 Å². The zero-order valence-electron chi connectivity index (χ0n) is 15.1. The van der Waals surface area contributed by atoms with E-state index in [-0.39, 0.29) is 11.5 Å². The summed E-state index contributed by atoms with van der Waals surface area (Å²) in [6.45, 7) is 2.00. The smallest absolute Gasteiger partial charge is 0.244 e. The third kappa shape index (κ3) is 4.48. The van der Waals surface area contributed by atoms with Gasteiger partial charge in [0.05, 0.1) is 11.4 Å². The number of benzene rings is 2. The fraction of sp³-hybridized carbons (Fsp3) is 0.222. The minimum atomic E-state index is -0.295. The fourth-order valence-electron chi connectivity index (χ4n) is 2.43. The molecule has 0 unspecified atom stereocenters. The topological polar surface area (TPSA) is 65.1 Å². The Bertz CT molecular complexity index is 1030. The van der Waals surface area contributed by atoms with Gasteiger partial charge in [-0.2, -0.15) is 9.36 Å². The lowest BCUT2D eigenvalue weighted by atomic mass is 10.1. The number of rotatable bonds is 4. The van der Waals surface area contributed by atoms with Gasteiger partial charge in [-0.05, 0) is 65.1 Å². The normalized spacial score (nSPS) is 11.8. The van der Waals surface area contributed by atoms with Crippen LogP contribution in [0.3, 0.4) is 0 Å². The molecular formula is C18H18FN5OS2.